The summed E-state index contributed by atoms with van der Waals surface area (Å²) in [7, 11) is 1.76. The van der Waals surface area contributed by atoms with Crippen LogP contribution in [0.2, 0.25) is 0 Å². The van der Waals surface area contributed by atoms with Crippen LogP contribution < -0.4 is 10.2 Å². The Labute approximate surface area is 128 Å². The molecule has 0 unspecified atom stereocenters. The minimum absolute atomic E-state index is 0.111. The fourth-order valence-electron chi connectivity index (χ4n) is 2.87. The molecule has 1 fully saturated rings. The maximum Gasteiger partial charge on any atom is 0.406 e. The zero-order valence-corrected chi connectivity index (χ0v) is 12.5. The lowest BCUT2D eigenvalue weighted by Crippen LogP contribution is -2.22. The molecular weight excluding hydrogens is 282 g/mol. The van der Waals surface area contributed by atoms with Gasteiger partial charge >= 0.3 is 5.82 Å². The van der Waals surface area contributed by atoms with E-state index in [9.17, 15) is 10.1 Å². The monoisotopic (exact) mass is 301 g/mol. The third kappa shape index (κ3) is 2.88. The summed E-state index contributed by atoms with van der Waals surface area (Å²) in [6, 6.07) is 10.3. The molecule has 2 heterocycles. The van der Waals surface area contributed by atoms with Gasteiger partial charge in [-0.15, -0.1) is 0 Å². The number of anilines is 2. The smallest absolute Gasteiger partial charge is 0.371 e. The highest BCUT2D eigenvalue weighted by Crippen LogP contribution is 2.25. The van der Waals surface area contributed by atoms with E-state index in [4.69, 9.17) is 0 Å². The SMILES string of the molecule is Cn1cnc([N+](=O)[O-])c1NC[C@H]1CCN(c2ccccc2)C1. The third-order valence-corrected chi connectivity index (χ3v) is 4.06. The first kappa shape index (κ1) is 14.4. The molecule has 7 nitrogen and oxygen atoms in total. The minimum Gasteiger partial charge on any atom is -0.371 e. The fourth-order valence-corrected chi connectivity index (χ4v) is 2.87. The molecule has 1 saturated heterocycles. The lowest BCUT2D eigenvalue weighted by atomic mass is 10.1. The van der Waals surface area contributed by atoms with E-state index in [-0.39, 0.29) is 5.82 Å². The quantitative estimate of drug-likeness (QED) is 0.677. The van der Waals surface area contributed by atoms with Crippen LogP contribution in [-0.2, 0) is 7.05 Å². The molecule has 1 atom stereocenters. The number of aryl methyl sites for hydroxylation is 1. The van der Waals surface area contributed by atoms with Crippen LogP contribution in [-0.4, -0.2) is 34.1 Å². The summed E-state index contributed by atoms with van der Waals surface area (Å²) in [5.41, 5.74) is 1.23. The Morgan fingerprint density at radius 3 is 2.91 bits per heavy atom. The summed E-state index contributed by atoms with van der Waals surface area (Å²) >= 11 is 0. The number of aromatic nitrogens is 2. The van der Waals surface area contributed by atoms with E-state index < -0.39 is 4.92 Å². The largest absolute Gasteiger partial charge is 0.406 e. The van der Waals surface area contributed by atoms with Crippen LogP contribution in [0.1, 0.15) is 6.42 Å². The van der Waals surface area contributed by atoms with Crippen LogP contribution in [0.5, 0.6) is 0 Å². The molecule has 0 aliphatic carbocycles. The average Bonchev–Trinajstić information content (AvgIpc) is 3.13. The summed E-state index contributed by atoms with van der Waals surface area (Å²) < 4.78 is 1.65. The van der Waals surface area contributed by atoms with Gasteiger partial charge in [0.25, 0.3) is 0 Å². The van der Waals surface area contributed by atoms with Crippen LogP contribution in [0.25, 0.3) is 0 Å². The summed E-state index contributed by atoms with van der Waals surface area (Å²) in [6.07, 6.45) is 2.54. The van der Waals surface area contributed by atoms with Crippen LogP contribution in [0, 0.1) is 16.0 Å². The Morgan fingerprint density at radius 1 is 1.41 bits per heavy atom. The van der Waals surface area contributed by atoms with Crippen molar-refractivity contribution >= 4 is 17.3 Å². The van der Waals surface area contributed by atoms with Crippen molar-refractivity contribution in [1.29, 1.82) is 0 Å². The molecule has 0 amide bonds. The van der Waals surface area contributed by atoms with E-state index in [1.54, 1.807) is 11.6 Å². The first-order valence-electron chi connectivity index (χ1n) is 7.34. The van der Waals surface area contributed by atoms with Gasteiger partial charge in [-0.05, 0) is 34.4 Å². The molecule has 0 bridgehead atoms. The summed E-state index contributed by atoms with van der Waals surface area (Å²) in [5.74, 6) is 0.832. The standard InChI is InChI=1S/C15H19N5O2/c1-18-11-17-15(20(21)22)14(18)16-9-12-7-8-19(10-12)13-5-3-2-4-6-13/h2-6,11-12,16H,7-10H2,1H3/t12-/m1/s1. The number of imidazole rings is 1. The number of benzene rings is 1. The lowest BCUT2D eigenvalue weighted by molar-refractivity contribution is -0.388. The van der Waals surface area contributed by atoms with Crippen LogP contribution in [0.3, 0.4) is 0 Å². The molecule has 1 N–H and O–H groups in total. The zero-order chi connectivity index (χ0) is 15.5. The summed E-state index contributed by atoms with van der Waals surface area (Å²) in [6.45, 7) is 2.69. The topological polar surface area (TPSA) is 76.2 Å². The summed E-state index contributed by atoms with van der Waals surface area (Å²) in [4.78, 5) is 16.7. The number of hydrogen-bond donors (Lipinski definition) is 1. The molecule has 1 aliphatic heterocycles. The van der Waals surface area contributed by atoms with Crippen molar-refractivity contribution in [3.05, 3.63) is 46.8 Å². The van der Waals surface area contributed by atoms with E-state index in [1.165, 1.54) is 12.0 Å². The molecule has 0 saturated carbocycles. The van der Waals surface area contributed by atoms with Gasteiger partial charge in [-0.2, -0.15) is 0 Å². The second kappa shape index (κ2) is 6.05. The molecule has 0 spiro atoms. The van der Waals surface area contributed by atoms with Gasteiger partial charge in [0.15, 0.2) is 0 Å². The maximum atomic E-state index is 10.9. The average molecular weight is 301 g/mol. The minimum atomic E-state index is -0.451. The van der Waals surface area contributed by atoms with Crippen molar-refractivity contribution in [3.8, 4) is 0 Å². The van der Waals surface area contributed by atoms with Crippen LogP contribution in [0.4, 0.5) is 17.3 Å². The van der Waals surface area contributed by atoms with Gasteiger partial charge < -0.3 is 20.3 Å². The predicted octanol–water partition coefficient (Wildman–Crippen LogP) is 2.27. The number of rotatable bonds is 5. The van der Waals surface area contributed by atoms with Crippen molar-refractivity contribution < 1.29 is 4.92 Å². The van der Waals surface area contributed by atoms with Crippen LogP contribution >= 0.6 is 0 Å². The van der Waals surface area contributed by atoms with Gasteiger partial charge in [0, 0.05) is 32.4 Å². The highest BCUT2D eigenvalue weighted by molar-refractivity contribution is 5.52. The van der Waals surface area contributed by atoms with Crippen molar-refractivity contribution in [2.45, 2.75) is 6.42 Å². The Kier molecular flexibility index (Phi) is 3.95. The van der Waals surface area contributed by atoms with Gasteiger partial charge in [-0.25, -0.2) is 0 Å². The van der Waals surface area contributed by atoms with Crippen molar-refractivity contribution in [1.82, 2.24) is 9.55 Å². The Morgan fingerprint density at radius 2 is 2.18 bits per heavy atom. The first-order valence-corrected chi connectivity index (χ1v) is 7.34. The molecule has 3 rings (SSSR count). The second-order valence-corrected chi connectivity index (χ2v) is 5.60. The number of nitrogens with one attached hydrogen (secondary N) is 1. The number of nitrogens with zero attached hydrogens (tertiary/aromatic N) is 4. The van der Waals surface area contributed by atoms with Gasteiger partial charge in [0.1, 0.15) is 0 Å². The molecule has 7 heteroatoms. The Balaban J connectivity index is 1.60. The highest BCUT2D eigenvalue weighted by Gasteiger charge is 2.25. The van der Waals surface area contributed by atoms with E-state index in [0.717, 1.165) is 19.5 Å². The number of para-hydroxylation sites is 1. The van der Waals surface area contributed by atoms with E-state index in [2.05, 4.69) is 27.3 Å². The highest BCUT2D eigenvalue weighted by atomic mass is 16.6. The molecule has 1 aromatic carbocycles. The number of nitro groups is 1. The molecule has 1 aromatic heterocycles. The molecule has 1 aliphatic rings. The Hall–Kier alpha value is -2.57. The third-order valence-electron chi connectivity index (χ3n) is 4.06. The van der Waals surface area contributed by atoms with Crippen molar-refractivity contribution in [2.75, 3.05) is 29.9 Å². The Bertz CT molecular complexity index is 655. The first-order chi connectivity index (χ1) is 10.6. The molecule has 22 heavy (non-hydrogen) atoms. The normalized spacial score (nSPS) is 17.7. The maximum absolute atomic E-state index is 10.9. The van der Waals surface area contributed by atoms with Crippen molar-refractivity contribution in [3.63, 3.8) is 0 Å². The fraction of sp³-hybridized carbons (Fsp3) is 0.400. The van der Waals surface area contributed by atoms with Gasteiger partial charge in [-0.3, -0.25) is 4.57 Å². The van der Waals surface area contributed by atoms with E-state index in [0.29, 0.717) is 18.3 Å². The summed E-state index contributed by atoms with van der Waals surface area (Å²) in [5, 5.41) is 14.1. The number of hydrogen-bond acceptors (Lipinski definition) is 5. The second-order valence-electron chi connectivity index (χ2n) is 5.60. The van der Waals surface area contributed by atoms with Gasteiger partial charge in [0.05, 0.1) is 0 Å². The van der Waals surface area contributed by atoms with Gasteiger partial charge in [0.2, 0.25) is 12.1 Å². The molecule has 116 valence electrons. The zero-order valence-electron chi connectivity index (χ0n) is 12.5. The van der Waals surface area contributed by atoms with Crippen molar-refractivity contribution in [2.24, 2.45) is 13.0 Å². The van der Waals surface area contributed by atoms with E-state index in [1.807, 2.05) is 18.2 Å². The molecule has 0 radical (unpaired) electrons. The van der Waals surface area contributed by atoms with E-state index >= 15 is 0 Å². The lowest BCUT2D eigenvalue weighted by Gasteiger charge is -2.18. The predicted molar refractivity (Wildman–Crippen MR) is 85.1 cm³/mol. The van der Waals surface area contributed by atoms with Crippen LogP contribution in [0.15, 0.2) is 36.7 Å². The van der Waals surface area contributed by atoms with Gasteiger partial charge in [-0.1, -0.05) is 18.2 Å². The molecule has 2 aromatic rings. The molecular formula is C15H19N5O2.